The zero-order chi connectivity index (χ0) is 17.5. The highest BCUT2D eigenvalue weighted by Gasteiger charge is 2.33. The molecule has 0 saturated carbocycles. The number of nitrogens with one attached hydrogen (secondary N) is 1. The van der Waals surface area contributed by atoms with Crippen LogP contribution in [-0.4, -0.2) is 37.2 Å². The minimum Gasteiger partial charge on any atom is -0.378 e. The molecule has 1 amide bonds. The standard InChI is InChI=1S/C21H19N3O2/c25-21-20(15-6-2-4-8-17(15)23-21)18-13-19(24-9-11-26-12-10-24)14-5-1-3-7-16(14)22-18/h1-8,13,20H,9-12H2,(H,23,25). The van der Waals surface area contributed by atoms with Gasteiger partial charge in [0.1, 0.15) is 5.92 Å². The number of morpholine rings is 1. The summed E-state index contributed by atoms with van der Waals surface area (Å²) in [4.78, 5) is 19.8. The fraction of sp³-hybridized carbons (Fsp3) is 0.238. The van der Waals surface area contributed by atoms with Gasteiger partial charge in [-0.1, -0.05) is 36.4 Å². The summed E-state index contributed by atoms with van der Waals surface area (Å²) in [6, 6.07) is 18.1. The summed E-state index contributed by atoms with van der Waals surface area (Å²) in [6.45, 7) is 3.14. The van der Waals surface area contributed by atoms with E-state index in [-0.39, 0.29) is 11.8 Å². The molecule has 1 atom stereocenters. The molecule has 3 heterocycles. The summed E-state index contributed by atoms with van der Waals surface area (Å²) in [5.41, 5.74) is 4.72. The van der Waals surface area contributed by atoms with Crippen LogP contribution in [0.2, 0.25) is 0 Å². The first kappa shape index (κ1) is 15.3. The number of fused-ring (bicyclic) bond motifs is 2. The van der Waals surface area contributed by atoms with E-state index in [0.29, 0.717) is 0 Å². The SMILES string of the molecule is O=C1Nc2ccccc2C1c1cc(N2CCOCC2)c2ccccc2n1. The maximum absolute atomic E-state index is 12.7. The van der Waals surface area contributed by atoms with Gasteiger partial charge < -0.3 is 15.0 Å². The molecule has 0 aliphatic carbocycles. The third-order valence-electron chi connectivity index (χ3n) is 5.15. The molecular formula is C21H19N3O2. The van der Waals surface area contributed by atoms with Crippen LogP contribution in [0.4, 0.5) is 11.4 Å². The van der Waals surface area contributed by atoms with Crippen LogP contribution in [0.1, 0.15) is 17.2 Å². The average molecular weight is 345 g/mol. The van der Waals surface area contributed by atoms with E-state index in [0.717, 1.165) is 59.8 Å². The predicted molar refractivity (Wildman–Crippen MR) is 102 cm³/mol. The number of hydrogen-bond acceptors (Lipinski definition) is 4. The van der Waals surface area contributed by atoms with Gasteiger partial charge in [-0.25, -0.2) is 0 Å². The number of anilines is 2. The number of carbonyl (C=O) groups is 1. The molecule has 0 radical (unpaired) electrons. The minimum absolute atomic E-state index is 0.0121. The number of benzene rings is 2. The van der Waals surface area contributed by atoms with Gasteiger partial charge in [0.25, 0.3) is 0 Å². The molecule has 1 saturated heterocycles. The van der Waals surface area contributed by atoms with Gasteiger partial charge in [0, 0.05) is 29.9 Å². The summed E-state index contributed by atoms with van der Waals surface area (Å²) < 4.78 is 5.51. The zero-order valence-electron chi connectivity index (χ0n) is 14.3. The number of ether oxygens (including phenoxy) is 1. The number of hydrogen-bond donors (Lipinski definition) is 1. The van der Waals surface area contributed by atoms with E-state index < -0.39 is 0 Å². The highest BCUT2D eigenvalue weighted by Crippen LogP contribution is 2.39. The smallest absolute Gasteiger partial charge is 0.238 e. The molecule has 26 heavy (non-hydrogen) atoms. The van der Waals surface area contributed by atoms with Gasteiger partial charge in [-0.15, -0.1) is 0 Å². The molecule has 1 fully saturated rings. The number of carbonyl (C=O) groups excluding carboxylic acids is 1. The number of rotatable bonds is 2. The van der Waals surface area contributed by atoms with Gasteiger partial charge in [0.2, 0.25) is 5.91 Å². The third kappa shape index (κ3) is 2.44. The number of amides is 1. The van der Waals surface area contributed by atoms with Crippen LogP contribution in [-0.2, 0) is 9.53 Å². The Morgan fingerprint density at radius 3 is 2.69 bits per heavy atom. The summed E-state index contributed by atoms with van der Waals surface area (Å²) >= 11 is 0. The van der Waals surface area contributed by atoms with Crippen molar-refractivity contribution in [2.45, 2.75) is 5.92 Å². The Bertz CT molecular complexity index is 995. The first-order chi connectivity index (χ1) is 12.8. The van der Waals surface area contributed by atoms with Crippen LogP contribution in [0, 0.1) is 0 Å². The van der Waals surface area contributed by atoms with Crippen LogP contribution < -0.4 is 10.2 Å². The van der Waals surface area contributed by atoms with Crippen LogP contribution >= 0.6 is 0 Å². The van der Waals surface area contributed by atoms with E-state index in [1.165, 1.54) is 0 Å². The lowest BCUT2D eigenvalue weighted by molar-refractivity contribution is -0.116. The van der Waals surface area contributed by atoms with E-state index in [2.05, 4.69) is 22.3 Å². The minimum atomic E-state index is -0.365. The van der Waals surface area contributed by atoms with Crippen LogP contribution in [0.25, 0.3) is 10.9 Å². The Balaban J connectivity index is 1.68. The second kappa shape index (κ2) is 6.11. The van der Waals surface area contributed by atoms with Crippen molar-refractivity contribution in [2.75, 3.05) is 36.5 Å². The largest absolute Gasteiger partial charge is 0.378 e. The molecule has 5 nitrogen and oxygen atoms in total. The van der Waals surface area contributed by atoms with Crippen LogP contribution in [0.3, 0.4) is 0 Å². The molecule has 1 N–H and O–H groups in total. The maximum atomic E-state index is 12.7. The first-order valence-corrected chi connectivity index (χ1v) is 8.93. The average Bonchev–Trinajstić information content (AvgIpc) is 3.03. The quantitative estimate of drug-likeness (QED) is 0.775. The summed E-state index contributed by atoms with van der Waals surface area (Å²) in [5.74, 6) is -0.377. The van der Waals surface area contributed by atoms with E-state index in [1.54, 1.807) is 0 Å². The normalized spacial score (nSPS) is 19.5. The van der Waals surface area contributed by atoms with Crippen molar-refractivity contribution in [1.29, 1.82) is 0 Å². The van der Waals surface area contributed by atoms with Gasteiger partial charge in [0.05, 0.1) is 24.4 Å². The lowest BCUT2D eigenvalue weighted by Gasteiger charge is -2.30. The van der Waals surface area contributed by atoms with Crippen molar-refractivity contribution in [3.8, 4) is 0 Å². The first-order valence-electron chi connectivity index (χ1n) is 8.93. The monoisotopic (exact) mass is 345 g/mol. The molecular weight excluding hydrogens is 326 g/mol. The van der Waals surface area contributed by atoms with Crippen molar-refractivity contribution in [2.24, 2.45) is 0 Å². The Kier molecular flexibility index (Phi) is 3.60. The van der Waals surface area contributed by atoms with Crippen molar-refractivity contribution in [3.05, 3.63) is 65.9 Å². The van der Waals surface area contributed by atoms with Gasteiger partial charge in [0.15, 0.2) is 0 Å². The molecule has 3 aromatic rings. The number of para-hydroxylation sites is 2. The lowest BCUT2D eigenvalue weighted by atomic mass is 9.95. The van der Waals surface area contributed by atoms with Gasteiger partial charge in [-0.2, -0.15) is 0 Å². The fourth-order valence-electron chi connectivity index (χ4n) is 3.89. The summed E-state index contributed by atoms with van der Waals surface area (Å²) in [7, 11) is 0. The van der Waals surface area contributed by atoms with Gasteiger partial charge in [-0.3, -0.25) is 9.78 Å². The van der Waals surface area contributed by atoms with Gasteiger partial charge in [-0.05, 0) is 23.8 Å². The maximum Gasteiger partial charge on any atom is 0.238 e. The second-order valence-electron chi connectivity index (χ2n) is 6.69. The number of aromatic nitrogens is 1. The molecule has 0 bridgehead atoms. The van der Waals surface area contributed by atoms with E-state index in [4.69, 9.17) is 9.72 Å². The predicted octanol–water partition coefficient (Wildman–Crippen LogP) is 3.16. The zero-order valence-corrected chi connectivity index (χ0v) is 14.3. The highest BCUT2D eigenvalue weighted by molar-refractivity contribution is 6.05. The van der Waals surface area contributed by atoms with Crippen molar-refractivity contribution in [1.82, 2.24) is 4.98 Å². The Morgan fingerprint density at radius 1 is 1.04 bits per heavy atom. The molecule has 2 aliphatic heterocycles. The molecule has 5 rings (SSSR count). The molecule has 130 valence electrons. The summed E-state index contributed by atoms with van der Waals surface area (Å²) in [5, 5.41) is 4.10. The Hall–Kier alpha value is -2.92. The third-order valence-corrected chi connectivity index (χ3v) is 5.15. The molecule has 1 aromatic heterocycles. The van der Waals surface area contributed by atoms with Gasteiger partial charge >= 0.3 is 0 Å². The second-order valence-corrected chi connectivity index (χ2v) is 6.69. The van der Waals surface area contributed by atoms with E-state index in [1.807, 2.05) is 42.5 Å². The lowest BCUT2D eigenvalue weighted by Crippen LogP contribution is -2.36. The van der Waals surface area contributed by atoms with E-state index in [9.17, 15) is 4.79 Å². The van der Waals surface area contributed by atoms with Crippen molar-refractivity contribution in [3.63, 3.8) is 0 Å². The number of pyridine rings is 1. The summed E-state index contributed by atoms with van der Waals surface area (Å²) in [6.07, 6.45) is 0. The molecule has 1 unspecified atom stereocenters. The molecule has 5 heteroatoms. The number of nitrogens with zero attached hydrogens (tertiary/aromatic N) is 2. The van der Waals surface area contributed by atoms with Crippen LogP contribution in [0.5, 0.6) is 0 Å². The topological polar surface area (TPSA) is 54.5 Å². The van der Waals surface area contributed by atoms with Crippen molar-refractivity contribution >= 4 is 28.2 Å². The Morgan fingerprint density at radius 2 is 1.81 bits per heavy atom. The molecule has 2 aromatic carbocycles. The highest BCUT2D eigenvalue weighted by atomic mass is 16.5. The fourth-order valence-corrected chi connectivity index (χ4v) is 3.89. The molecule has 2 aliphatic rings. The van der Waals surface area contributed by atoms with Crippen LogP contribution in [0.15, 0.2) is 54.6 Å². The van der Waals surface area contributed by atoms with Crippen molar-refractivity contribution < 1.29 is 9.53 Å². The molecule has 0 spiro atoms. The Labute approximate surface area is 151 Å². The van der Waals surface area contributed by atoms with E-state index >= 15 is 0 Å².